The van der Waals surface area contributed by atoms with Gasteiger partial charge >= 0.3 is 5.97 Å². The van der Waals surface area contributed by atoms with E-state index in [1.165, 1.54) is 4.88 Å². The second kappa shape index (κ2) is 4.87. The maximum absolute atomic E-state index is 11.7. The minimum atomic E-state index is -0.865. The van der Waals surface area contributed by atoms with Gasteiger partial charge in [-0.1, -0.05) is 6.07 Å². The van der Waals surface area contributed by atoms with Gasteiger partial charge in [-0.15, -0.1) is 11.3 Å². The van der Waals surface area contributed by atoms with Crippen LogP contribution < -0.4 is 5.32 Å². The van der Waals surface area contributed by atoms with Crippen molar-refractivity contribution in [3.63, 3.8) is 0 Å². The normalized spacial score (nSPS) is 24.1. The zero-order valence-electron chi connectivity index (χ0n) is 9.55. The van der Waals surface area contributed by atoms with Crippen LogP contribution in [0.25, 0.3) is 0 Å². The van der Waals surface area contributed by atoms with E-state index in [0.717, 1.165) is 6.42 Å². The third-order valence-corrected chi connectivity index (χ3v) is 3.82. The lowest BCUT2D eigenvalue weighted by Crippen LogP contribution is -2.35. The Morgan fingerprint density at radius 1 is 1.59 bits per heavy atom. The highest BCUT2D eigenvalue weighted by Crippen LogP contribution is 2.38. The van der Waals surface area contributed by atoms with Crippen LogP contribution in [0.4, 0.5) is 0 Å². The fourth-order valence-corrected chi connectivity index (χ4v) is 2.72. The number of carbonyl (C=O) groups excluding carboxylic acids is 1. The standard InChI is InChI=1S/C12H15NO3S/c1-7(5-8-3-2-4-17-8)13-11(14)9-6-10(9)12(15)16/h2-4,7,9-10H,5-6H2,1H3,(H,13,14)(H,15,16). The van der Waals surface area contributed by atoms with E-state index in [1.54, 1.807) is 11.3 Å². The van der Waals surface area contributed by atoms with Gasteiger partial charge in [0.25, 0.3) is 0 Å². The fraction of sp³-hybridized carbons (Fsp3) is 0.500. The van der Waals surface area contributed by atoms with Crippen LogP contribution in [-0.4, -0.2) is 23.0 Å². The highest BCUT2D eigenvalue weighted by molar-refractivity contribution is 7.09. The maximum atomic E-state index is 11.7. The Kier molecular flexibility index (Phi) is 3.47. The summed E-state index contributed by atoms with van der Waals surface area (Å²) in [6.45, 7) is 1.94. The number of thiophene rings is 1. The molecule has 1 aromatic rings. The predicted octanol–water partition coefficient (Wildman–Crippen LogP) is 1.52. The van der Waals surface area contributed by atoms with Gasteiger partial charge in [0, 0.05) is 17.3 Å². The molecule has 0 radical (unpaired) electrons. The Labute approximate surface area is 104 Å². The molecule has 0 aliphatic heterocycles. The first-order chi connectivity index (χ1) is 8.08. The number of carboxylic acids is 1. The summed E-state index contributed by atoms with van der Waals surface area (Å²) < 4.78 is 0. The van der Waals surface area contributed by atoms with Crippen molar-refractivity contribution < 1.29 is 14.7 Å². The Balaban J connectivity index is 1.78. The number of carboxylic acid groups (broad SMARTS) is 1. The van der Waals surface area contributed by atoms with Crippen LogP contribution in [0, 0.1) is 11.8 Å². The average molecular weight is 253 g/mol. The molecule has 1 fully saturated rings. The van der Waals surface area contributed by atoms with Crippen LogP contribution in [0.15, 0.2) is 17.5 Å². The monoisotopic (exact) mass is 253 g/mol. The van der Waals surface area contributed by atoms with Crippen LogP contribution in [0.5, 0.6) is 0 Å². The number of aliphatic carboxylic acids is 1. The molecule has 2 rings (SSSR count). The fourth-order valence-electron chi connectivity index (χ4n) is 1.89. The first kappa shape index (κ1) is 12.1. The third kappa shape index (κ3) is 3.06. The zero-order valence-corrected chi connectivity index (χ0v) is 10.4. The van der Waals surface area contributed by atoms with Crippen molar-refractivity contribution in [2.24, 2.45) is 11.8 Å². The second-order valence-electron chi connectivity index (χ2n) is 4.48. The lowest BCUT2D eigenvalue weighted by atomic mass is 10.2. The molecule has 2 N–H and O–H groups in total. The molecule has 0 saturated heterocycles. The van der Waals surface area contributed by atoms with Gasteiger partial charge in [0.1, 0.15) is 0 Å². The highest BCUT2D eigenvalue weighted by Gasteiger charge is 2.48. The SMILES string of the molecule is CC(Cc1cccs1)NC(=O)C1CC1C(=O)O. The van der Waals surface area contributed by atoms with E-state index in [2.05, 4.69) is 5.32 Å². The van der Waals surface area contributed by atoms with Gasteiger partial charge in [-0.2, -0.15) is 0 Å². The average Bonchev–Trinajstić information content (AvgIpc) is 2.92. The van der Waals surface area contributed by atoms with Gasteiger partial charge in [0.05, 0.1) is 11.8 Å². The van der Waals surface area contributed by atoms with E-state index >= 15 is 0 Å². The first-order valence-corrected chi connectivity index (χ1v) is 6.51. The van der Waals surface area contributed by atoms with E-state index in [0.29, 0.717) is 6.42 Å². The molecule has 1 amide bonds. The number of carbonyl (C=O) groups is 2. The second-order valence-corrected chi connectivity index (χ2v) is 5.51. The lowest BCUT2D eigenvalue weighted by molar-refractivity contribution is -0.140. The summed E-state index contributed by atoms with van der Waals surface area (Å²) in [5.74, 6) is -1.78. The number of hydrogen-bond donors (Lipinski definition) is 2. The first-order valence-electron chi connectivity index (χ1n) is 5.63. The molecule has 3 atom stereocenters. The molecule has 17 heavy (non-hydrogen) atoms. The molecule has 4 nitrogen and oxygen atoms in total. The van der Waals surface area contributed by atoms with Gasteiger partial charge in [-0.05, 0) is 24.8 Å². The summed E-state index contributed by atoms with van der Waals surface area (Å²) in [6.07, 6.45) is 1.28. The molecular weight excluding hydrogens is 238 g/mol. The van der Waals surface area contributed by atoms with Gasteiger partial charge in [-0.25, -0.2) is 0 Å². The Hall–Kier alpha value is -1.36. The van der Waals surface area contributed by atoms with Crippen molar-refractivity contribution >= 4 is 23.2 Å². The molecule has 0 aromatic carbocycles. The van der Waals surface area contributed by atoms with E-state index in [4.69, 9.17) is 5.11 Å². The van der Waals surface area contributed by atoms with Crippen molar-refractivity contribution in [3.8, 4) is 0 Å². The number of hydrogen-bond acceptors (Lipinski definition) is 3. The summed E-state index contributed by atoms with van der Waals surface area (Å²) >= 11 is 1.66. The zero-order chi connectivity index (χ0) is 12.4. The molecule has 1 heterocycles. The number of nitrogens with one attached hydrogen (secondary N) is 1. The van der Waals surface area contributed by atoms with E-state index in [1.807, 2.05) is 24.4 Å². The van der Waals surface area contributed by atoms with Gasteiger partial charge in [0.2, 0.25) is 5.91 Å². The quantitative estimate of drug-likeness (QED) is 0.836. The van der Waals surface area contributed by atoms with E-state index in [9.17, 15) is 9.59 Å². The van der Waals surface area contributed by atoms with Crippen molar-refractivity contribution in [1.82, 2.24) is 5.32 Å². The lowest BCUT2D eigenvalue weighted by Gasteiger charge is -2.12. The Morgan fingerprint density at radius 3 is 2.88 bits per heavy atom. The molecule has 1 aromatic heterocycles. The van der Waals surface area contributed by atoms with Crippen molar-refractivity contribution in [1.29, 1.82) is 0 Å². The van der Waals surface area contributed by atoms with Crippen LogP contribution in [0.1, 0.15) is 18.2 Å². The topological polar surface area (TPSA) is 66.4 Å². The molecule has 1 aliphatic carbocycles. The summed E-state index contributed by atoms with van der Waals surface area (Å²) in [7, 11) is 0. The van der Waals surface area contributed by atoms with E-state index in [-0.39, 0.29) is 17.9 Å². The molecule has 92 valence electrons. The van der Waals surface area contributed by atoms with Crippen molar-refractivity contribution in [2.75, 3.05) is 0 Å². The summed E-state index contributed by atoms with van der Waals surface area (Å²) in [5.41, 5.74) is 0. The summed E-state index contributed by atoms with van der Waals surface area (Å²) in [5, 5.41) is 13.6. The highest BCUT2D eigenvalue weighted by atomic mass is 32.1. The number of rotatable bonds is 5. The summed E-state index contributed by atoms with van der Waals surface area (Å²) in [4.78, 5) is 23.6. The molecule has 0 spiro atoms. The minimum Gasteiger partial charge on any atom is -0.481 e. The van der Waals surface area contributed by atoms with Gasteiger partial charge < -0.3 is 10.4 Å². The molecule has 5 heteroatoms. The molecule has 3 unspecified atom stereocenters. The third-order valence-electron chi connectivity index (χ3n) is 2.92. The van der Waals surface area contributed by atoms with Crippen LogP contribution in [-0.2, 0) is 16.0 Å². The minimum absolute atomic E-state index is 0.0520. The Morgan fingerprint density at radius 2 is 2.35 bits per heavy atom. The van der Waals surface area contributed by atoms with Crippen LogP contribution >= 0.6 is 11.3 Å². The van der Waals surface area contributed by atoms with Gasteiger partial charge in [-0.3, -0.25) is 9.59 Å². The van der Waals surface area contributed by atoms with Gasteiger partial charge in [0.15, 0.2) is 0 Å². The largest absolute Gasteiger partial charge is 0.481 e. The van der Waals surface area contributed by atoms with E-state index < -0.39 is 11.9 Å². The van der Waals surface area contributed by atoms with Crippen LogP contribution in [0.3, 0.4) is 0 Å². The Bertz CT molecular complexity index is 415. The van der Waals surface area contributed by atoms with Crippen LogP contribution in [0.2, 0.25) is 0 Å². The molecular formula is C12H15NO3S. The van der Waals surface area contributed by atoms with Crippen molar-refractivity contribution in [2.45, 2.75) is 25.8 Å². The summed E-state index contributed by atoms with van der Waals surface area (Å²) in [6, 6.07) is 4.07. The van der Waals surface area contributed by atoms with Crippen molar-refractivity contribution in [3.05, 3.63) is 22.4 Å². The number of amides is 1. The predicted molar refractivity (Wildman–Crippen MR) is 64.9 cm³/mol. The maximum Gasteiger partial charge on any atom is 0.307 e. The molecule has 0 bridgehead atoms. The molecule has 1 saturated carbocycles. The molecule has 1 aliphatic rings. The smallest absolute Gasteiger partial charge is 0.307 e.